The highest BCUT2D eigenvalue weighted by molar-refractivity contribution is 5.67. The SMILES string of the molecule is COC(=O)NC1CCN(c2nc(C3CC3)nc(N)c2C)C1. The van der Waals surface area contributed by atoms with Crippen molar-refractivity contribution >= 4 is 17.7 Å². The Labute approximate surface area is 123 Å². The summed E-state index contributed by atoms with van der Waals surface area (Å²) in [6.45, 7) is 3.51. The molecular weight excluding hydrogens is 270 g/mol. The highest BCUT2D eigenvalue weighted by Crippen LogP contribution is 2.39. The van der Waals surface area contributed by atoms with Gasteiger partial charge < -0.3 is 20.7 Å². The molecule has 1 unspecified atom stereocenters. The molecule has 1 aromatic heterocycles. The molecule has 1 saturated heterocycles. The molecule has 1 amide bonds. The number of nitrogens with two attached hydrogens (primary N) is 1. The van der Waals surface area contributed by atoms with Gasteiger partial charge in [-0.2, -0.15) is 0 Å². The number of hydrogen-bond acceptors (Lipinski definition) is 6. The summed E-state index contributed by atoms with van der Waals surface area (Å²) >= 11 is 0. The van der Waals surface area contributed by atoms with Crippen LogP contribution in [0.25, 0.3) is 0 Å². The fourth-order valence-electron chi connectivity index (χ4n) is 2.67. The number of aromatic nitrogens is 2. The van der Waals surface area contributed by atoms with Gasteiger partial charge in [-0.1, -0.05) is 0 Å². The van der Waals surface area contributed by atoms with Crippen molar-refractivity contribution in [2.45, 2.75) is 38.1 Å². The molecule has 7 heteroatoms. The quantitative estimate of drug-likeness (QED) is 0.868. The number of nitrogens with one attached hydrogen (secondary N) is 1. The van der Waals surface area contributed by atoms with E-state index in [4.69, 9.17) is 10.7 Å². The summed E-state index contributed by atoms with van der Waals surface area (Å²) in [5.74, 6) is 2.79. The zero-order chi connectivity index (χ0) is 15.0. The van der Waals surface area contributed by atoms with Gasteiger partial charge in [0.2, 0.25) is 0 Å². The summed E-state index contributed by atoms with van der Waals surface area (Å²) in [6.07, 6.45) is 2.78. The number of anilines is 2. The summed E-state index contributed by atoms with van der Waals surface area (Å²) in [4.78, 5) is 22.6. The fraction of sp³-hybridized carbons (Fsp3) is 0.643. The van der Waals surface area contributed by atoms with Gasteiger partial charge in [-0.3, -0.25) is 0 Å². The number of carbonyl (C=O) groups excluding carboxylic acids is 1. The topological polar surface area (TPSA) is 93.4 Å². The lowest BCUT2D eigenvalue weighted by molar-refractivity contribution is 0.167. The Kier molecular flexibility index (Phi) is 3.57. The molecule has 1 saturated carbocycles. The minimum absolute atomic E-state index is 0.0809. The number of nitrogen functional groups attached to an aromatic ring is 1. The smallest absolute Gasteiger partial charge is 0.407 e. The highest BCUT2D eigenvalue weighted by Gasteiger charge is 2.31. The van der Waals surface area contributed by atoms with Crippen LogP contribution >= 0.6 is 0 Å². The second-order valence-electron chi connectivity index (χ2n) is 5.76. The van der Waals surface area contributed by atoms with Crippen LogP contribution in [0.4, 0.5) is 16.4 Å². The second-order valence-corrected chi connectivity index (χ2v) is 5.76. The van der Waals surface area contributed by atoms with Gasteiger partial charge in [-0.05, 0) is 26.2 Å². The summed E-state index contributed by atoms with van der Waals surface area (Å²) in [6, 6.07) is 0.0809. The molecule has 7 nitrogen and oxygen atoms in total. The number of rotatable bonds is 3. The van der Waals surface area contributed by atoms with Crippen molar-refractivity contribution in [2.75, 3.05) is 30.8 Å². The van der Waals surface area contributed by atoms with E-state index in [1.807, 2.05) is 6.92 Å². The lowest BCUT2D eigenvalue weighted by atomic mass is 10.2. The largest absolute Gasteiger partial charge is 0.453 e. The van der Waals surface area contributed by atoms with Crippen LogP contribution < -0.4 is 16.0 Å². The van der Waals surface area contributed by atoms with Crippen molar-refractivity contribution in [3.8, 4) is 0 Å². The van der Waals surface area contributed by atoms with E-state index >= 15 is 0 Å². The Hall–Kier alpha value is -2.05. The number of ether oxygens (including phenoxy) is 1. The van der Waals surface area contributed by atoms with Gasteiger partial charge in [0.05, 0.1) is 13.2 Å². The number of carbonyl (C=O) groups is 1. The minimum Gasteiger partial charge on any atom is -0.453 e. The first-order valence-corrected chi connectivity index (χ1v) is 7.32. The predicted molar refractivity (Wildman–Crippen MR) is 79.3 cm³/mol. The van der Waals surface area contributed by atoms with Crippen LogP contribution in [0.2, 0.25) is 0 Å². The summed E-state index contributed by atoms with van der Waals surface area (Å²) in [5.41, 5.74) is 6.94. The molecule has 3 rings (SSSR count). The molecule has 2 aliphatic rings. The number of methoxy groups -OCH3 is 1. The van der Waals surface area contributed by atoms with E-state index in [2.05, 4.69) is 19.9 Å². The Morgan fingerprint density at radius 1 is 1.38 bits per heavy atom. The maximum atomic E-state index is 11.3. The molecule has 3 N–H and O–H groups in total. The lowest BCUT2D eigenvalue weighted by Crippen LogP contribution is -2.37. The molecule has 1 aliphatic carbocycles. The standard InChI is InChI=1S/C14H21N5O2/c1-8-11(15)17-12(9-3-4-9)18-13(8)19-6-5-10(7-19)16-14(20)21-2/h9-10H,3-7H2,1-2H3,(H,16,20)(H2,15,17,18). The normalized spacial score (nSPS) is 21.4. The fourth-order valence-corrected chi connectivity index (χ4v) is 2.67. The van der Waals surface area contributed by atoms with Gasteiger partial charge in [0.15, 0.2) is 0 Å². The van der Waals surface area contributed by atoms with E-state index in [0.29, 0.717) is 11.7 Å². The molecule has 0 bridgehead atoms. The summed E-state index contributed by atoms with van der Waals surface area (Å²) in [5, 5.41) is 2.83. The Morgan fingerprint density at radius 2 is 2.14 bits per heavy atom. The van der Waals surface area contributed by atoms with Crippen LogP contribution in [0.5, 0.6) is 0 Å². The van der Waals surface area contributed by atoms with Gasteiger partial charge in [-0.25, -0.2) is 14.8 Å². The second kappa shape index (κ2) is 5.38. The van der Waals surface area contributed by atoms with Gasteiger partial charge in [-0.15, -0.1) is 0 Å². The van der Waals surface area contributed by atoms with Gasteiger partial charge in [0.1, 0.15) is 17.5 Å². The molecule has 1 aromatic rings. The number of nitrogens with zero attached hydrogens (tertiary/aromatic N) is 3. The zero-order valence-corrected chi connectivity index (χ0v) is 12.4. The van der Waals surface area contributed by atoms with Crippen LogP contribution in [-0.2, 0) is 4.74 Å². The highest BCUT2D eigenvalue weighted by atomic mass is 16.5. The number of amides is 1. The molecule has 1 atom stereocenters. The minimum atomic E-state index is -0.389. The summed E-state index contributed by atoms with van der Waals surface area (Å²) < 4.78 is 4.64. The maximum absolute atomic E-state index is 11.3. The predicted octanol–water partition coefficient (Wildman–Crippen LogP) is 1.18. The lowest BCUT2D eigenvalue weighted by Gasteiger charge is -2.21. The van der Waals surface area contributed by atoms with Crippen molar-refractivity contribution in [3.63, 3.8) is 0 Å². The van der Waals surface area contributed by atoms with Crippen molar-refractivity contribution < 1.29 is 9.53 Å². The molecular formula is C14H21N5O2. The molecule has 2 fully saturated rings. The first kappa shape index (κ1) is 13.9. The van der Waals surface area contributed by atoms with E-state index < -0.39 is 0 Å². The Balaban J connectivity index is 1.76. The third-order valence-electron chi connectivity index (χ3n) is 4.11. The van der Waals surface area contributed by atoms with Crippen molar-refractivity contribution in [1.29, 1.82) is 0 Å². The van der Waals surface area contributed by atoms with Crippen molar-refractivity contribution in [3.05, 3.63) is 11.4 Å². The van der Waals surface area contributed by atoms with Gasteiger partial charge >= 0.3 is 6.09 Å². The van der Waals surface area contributed by atoms with Crippen LogP contribution in [-0.4, -0.2) is 42.3 Å². The molecule has 0 spiro atoms. The van der Waals surface area contributed by atoms with Gasteiger partial charge in [0, 0.05) is 24.6 Å². The monoisotopic (exact) mass is 291 g/mol. The van der Waals surface area contributed by atoms with Crippen LogP contribution in [0.3, 0.4) is 0 Å². The van der Waals surface area contributed by atoms with E-state index in [-0.39, 0.29) is 12.1 Å². The molecule has 114 valence electrons. The average molecular weight is 291 g/mol. The molecule has 0 radical (unpaired) electrons. The molecule has 1 aliphatic heterocycles. The van der Waals surface area contributed by atoms with E-state index in [9.17, 15) is 4.79 Å². The van der Waals surface area contributed by atoms with E-state index in [1.54, 1.807) is 0 Å². The molecule has 0 aromatic carbocycles. The maximum Gasteiger partial charge on any atom is 0.407 e. The van der Waals surface area contributed by atoms with E-state index in [0.717, 1.165) is 49.6 Å². The third kappa shape index (κ3) is 2.86. The number of hydrogen-bond donors (Lipinski definition) is 2. The molecule has 2 heterocycles. The Bertz CT molecular complexity index is 559. The first-order valence-electron chi connectivity index (χ1n) is 7.32. The van der Waals surface area contributed by atoms with Gasteiger partial charge in [0.25, 0.3) is 0 Å². The Morgan fingerprint density at radius 3 is 2.81 bits per heavy atom. The zero-order valence-electron chi connectivity index (χ0n) is 12.4. The summed E-state index contributed by atoms with van der Waals surface area (Å²) in [7, 11) is 1.37. The van der Waals surface area contributed by atoms with Crippen LogP contribution in [0, 0.1) is 6.92 Å². The number of alkyl carbamates (subject to hydrolysis) is 1. The van der Waals surface area contributed by atoms with Crippen LogP contribution in [0.15, 0.2) is 0 Å². The first-order chi connectivity index (χ1) is 10.1. The van der Waals surface area contributed by atoms with E-state index in [1.165, 1.54) is 7.11 Å². The van der Waals surface area contributed by atoms with Crippen molar-refractivity contribution in [2.24, 2.45) is 0 Å². The average Bonchev–Trinajstić information content (AvgIpc) is 3.22. The molecule has 21 heavy (non-hydrogen) atoms. The van der Waals surface area contributed by atoms with Crippen LogP contribution in [0.1, 0.15) is 36.6 Å². The third-order valence-corrected chi connectivity index (χ3v) is 4.11. The van der Waals surface area contributed by atoms with Crippen molar-refractivity contribution in [1.82, 2.24) is 15.3 Å².